The molecule has 0 heterocycles. The van der Waals surface area contributed by atoms with Gasteiger partial charge in [-0.05, 0) is 36.4 Å². The lowest BCUT2D eigenvalue weighted by molar-refractivity contribution is 0.0694. The van der Waals surface area contributed by atoms with Crippen LogP contribution in [0.2, 0.25) is 15.1 Å². The maximum absolute atomic E-state index is 11.1. The maximum Gasteiger partial charge on any atom is 0.339 e. The Bertz CT molecular complexity index is 641. The third-order valence-corrected chi connectivity index (χ3v) is 3.05. The van der Waals surface area contributed by atoms with Crippen molar-refractivity contribution in [2.45, 2.75) is 0 Å². The molecule has 0 fully saturated rings. The highest BCUT2D eigenvalue weighted by atomic mass is 35.5. The molecule has 0 aliphatic carbocycles. The van der Waals surface area contributed by atoms with Crippen LogP contribution in [0, 0.1) is 0 Å². The Morgan fingerprint density at radius 2 is 1.53 bits per heavy atom. The molecule has 3 nitrogen and oxygen atoms in total. The van der Waals surface area contributed by atoms with Crippen molar-refractivity contribution in [3.05, 3.63) is 57.0 Å². The molecule has 0 saturated heterocycles. The van der Waals surface area contributed by atoms with Gasteiger partial charge in [0.25, 0.3) is 0 Å². The van der Waals surface area contributed by atoms with Crippen LogP contribution in [-0.4, -0.2) is 11.1 Å². The lowest BCUT2D eigenvalue weighted by Gasteiger charge is -2.10. The molecule has 0 radical (unpaired) electrons. The van der Waals surface area contributed by atoms with Gasteiger partial charge in [0.05, 0.1) is 5.02 Å². The third kappa shape index (κ3) is 3.32. The molecule has 0 amide bonds. The van der Waals surface area contributed by atoms with Crippen molar-refractivity contribution in [3.8, 4) is 11.5 Å². The van der Waals surface area contributed by atoms with Gasteiger partial charge in [0.2, 0.25) is 0 Å². The van der Waals surface area contributed by atoms with E-state index in [1.165, 1.54) is 24.3 Å². The van der Waals surface area contributed by atoms with E-state index in [0.29, 0.717) is 20.8 Å². The van der Waals surface area contributed by atoms with Crippen molar-refractivity contribution < 1.29 is 14.6 Å². The summed E-state index contributed by atoms with van der Waals surface area (Å²) in [6.45, 7) is 0. The topological polar surface area (TPSA) is 46.5 Å². The van der Waals surface area contributed by atoms with Gasteiger partial charge in [-0.25, -0.2) is 4.79 Å². The number of hydrogen-bond donors (Lipinski definition) is 1. The number of benzene rings is 2. The Labute approximate surface area is 124 Å². The molecule has 0 atom stereocenters. The first-order valence-corrected chi connectivity index (χ1v) is 6.26. The Morgan fingerprint density at radius 1 is 0.947 bits per heavy atom. The summed E-state index contributed by atoms with van der Waals surface area (Å²) < 4.78 is 5.48. The largest absolute Gasteiger partial charge is 0.478 e. The van der Waals surface area contributed by atoms with E-state index in [4.69, 9.17) is 44.6 Å². The van der Waals surface area contributed by atoms with Crippen molar-refractivity contribution in [2.75, 3.05) is 0 Å². The van der Waals surface area contributed by atoms with Crippen LogP contribution in [0.25, 0.3) is 0 Å². The first kappa shape index (κ1) is 14.0. The third-order valence-electron chi connectivity index (χ3n) is 2.29. The zero-order valence-electron chi connectivity index (χ0n) is 9.36. The Balaban J connectivity index is 2.40. The predicted molar refractivity (Wildman–Crippen MR) is 74.9 cm³/mol. The van der Waals surface area contributed by atoms with E-state index in [1.54, 1.807) is 12.1 Å². The van der Waals surface area contributed by atoms with Gasteiger partial charge in [-0.15, -0.1) is 0 Å². The van der Waals surface area contributed by atoms with E-state index in [1.807, 2.05) is 0 Å². The minimum absolute atomic E-state index is 0.0430. The standard InChI is InChI=1S/C13H7Cl3O3/c14-7-1-3-11(9(5-7)13(17)18)19-12-4-2-8(15)6-10(12)16/h1-6H,(H,17,18). The molecule has 0 aliphatic heterocycles. The van der Waals surface area contributed by atoms with Gasteiger partial charge in [-0.3, -0.25) is 0 Å². The Kier molecular flexibility index (Phi) is 4.20. The fraction of sp³-hybridized carbons (Fsp3) is 0. The molecule has 0 spiro atoms. The monoisotopic (exact) mass is 316 g/mol. The normalized spacial score (nSPS) is 10.3. The minimum atomic E-state index is -1.14. The van der Waals surface area contributed by atoms with E-state index in [0.717, 1.165) is 0 Å². The van der Waals surface area contributed by atoms with Crippen molar-refractivity contribution >= 4 is 40.8 Å². The molecular formula is C13H7Cl3O3. The highest BCUT2D eigenvalue weighted by molar-refractivity contribution is 6.35. The van der Waals surface area contributed by atoms with E-state index >= 15 is 0 Å². The van der Waals surface area contributed by atoms with E-state index in [2.05, 4.69) is 0 Å². The molecule has 1 N–H and O–H groups in total. The van der Waals surface area contributed by atoms with Crippen LogP contribution < -0.4 is 4.74 Å². The molecule has 0 bridgehead atoms. The lowest BCUT2D eigenvalue weighted by Crippen LogP contribution is -2.00. The van der Waals surface area contributed by atoms with Gasteiger partial charge >= 0.3 is 5.97 Å². The van der Waals surface area contributed by atoms with Crippen molar-refractivity contribution in [2.24, 2.45) is 0 Å². The van der Waals surface area contributed by atoms with Gasteiger partial charge in [0, 0.05) is 10.0 Å². The van der Waals surface area contributed by atoms with Crippen molar-refractivity contribution in [1.29, 1.82) is 0 Å². The number of aromatic carboxylic acids is 1. The van der Waals surface area contributed by atoms with Crippen LogP contribution in [0.4, 0.5) is 0 Å². The number of ether oxygens (including phenoxy) is 1. The number of carbonyl (C=O) groups is 1. The van der Waals surface area contributed by atoms with Gasteiger partial charge in [-0.2, -0.15) is 0 Å². The Hall–Kier alpha value is -1.42. The molecule has 2 rings (SSSR count). The molecular weight excluding hydrogens is 310 g/mol. The molecule has 19 heavy (non-hydrogen) atoms. The second-order valence-electron chi connectivity index (χ2n) is 3.62. The summed E-state index contributed by atoms with van der Waals surface area (Å²) in [6, 6.07) is 8.98. The number of carboxylic acid groups (broad SMARTS) is 1. The SMILES string of the molecule is O=C(O)c1cc(Cl)ccc1Oc1ccc(Cl)cc1Cl. The fourth-order valence-electron chi connectivity index (χ4n) is 1.43. The van der Waals surface area contributed by atoms with Gasteiger partial charge < -0.3 is 9.84 Å². The molecule has 2 aromatic carbocycles. The van der Waals surface area contributed by atoms with Crippen molar-refractivity contribution in [1.82, 2.24) is 0 Å². The summed E-state index contributed by atoms with van der Waals surface area (Å²) in [5, 5.41) is 10.2. The Morgan fingerprint density at radius 3 is 2.11 bits per heavy atom. The fourth-order valence-corrected chi connectivity index (χ4v) is 2.05. The smallest absolute Gasteiger partial charge is 0.339 e. The minimum Gasteiger partial charge on any atom is -0.478 e. The predicted octanol–water partition coefficient (Wildman–Crippen LogP) is 5.14. The second kappa shape index (κ2) is 5.70. The first-order chi connectivity index (χ1) is 8.97. The van der Waals surface area contributed by atoms with Crippen LogP contribution in [0.1, 0.15) is 10.4 Å². The molecule has 2 aromatic rings. The number of halogens is 3. The number of carboxylic acids is 1. The van der Waals surface area contributed by atoms with Crippen molar-refractivity contribution in [3.63, 3.8) is 0 Å². The molecule has 0 aromatic heterocycles. The quantitative estimate of drug-likeness (QED) is 0.853. The summed E-state index contributed by atoms with van der Waals surface area (Å²) in [5.41, 5.74) is -0.0430. The van der Waals surface area contributed by atoms with Gasteiger partial charge in [0.15, 0.2) is 0 Å². The molecule has 98 valence electrons. The summed E-state index contributed by atoms with van der Waals surface area (Å²) in [4.78, 5) is 11.1. The van der Waals surface area contributed by atoms with Gasteiger partial charge in [-0.1, -0.05) is 34.8 Å². The van der Waals surface area contributed by atoms with Crippen LogP contribution in [0.5, 0.6) is 11.5 Å². The second-order valence-corrected chi connectivity index (χ2v) is 4.90. The van der Waals surface area contributed by atoms with Crippen LogP contribution in [-0.2, 0) is 0 Å². The van der Waals surface area contributed by atoms with E-state index in [-0.39, 0.29) is 11.3 Å². The van der Waals surface area contributed by atoms with Crippen LogP contribution in [0.15, 0.2) is 36.4 Å². The number of rotatable bonds is 3. The maximum atomic E-state index is 11.1. The highest BCUT2D eigenvalue weighted by Gasteiger charge is 2.14. The van der Waals surface area contributed by atoms with Gasteiger partial charge in [0.1, 0.15) is 17.1 Å². The van der Waals surface area contributed by atoms with E-state index in [9.17, 15) is 4.79 Å². The summed E-state index contributed by atoms with van der Waals surface area (Å²) in [5.74, 6) is -0.667. The summed E-state index contributed by atoms with van der Waals surface area (Å²) >= 11 is 17.5. The summed E-state index contributed by atoms with van der Waals surface area (Å²) in [6.07, 6.45) is 0. The van der Waals surface area contributed by atoms with Crippen LogP contribution in [0.3, 0.4) is 0 Å². The highest BCUT2D eigenvalue weighted by Crippen LogP contribution is 2.33. The molecule has 0 aliphatic rings. The molecule has 0 unspecified atom stereocenters. The average molecular weight is 318 g/mol. The van der Waals surface area contributed by atoms with Crippen LogP contribution >= 0.6 is 34.8 Å². The number of hydrogen-bond acceptors (Lipinski definition) is 2. The van der Waals surface area contributed by atoms with E-state index < -0.39 is 5.97 Å². The average Bonchev–Trinajstić information content (AvgIpc) is 2.34. The zero-order chi connectivity index (χ0) is 14.0. The first-order valence-electron chi connectivity index (χ1n) is 5.13. The zero-order valence-corrected chi connectivity index (χ0v) is 11.6. The lowest BCUT2D eigenvalue weighted by atomic mass is 10.2. The molecule has 6 heteroatoms. The molecule has 0 saturated carbocycles. The summed E-state index contributed by atoms with van der Waals surface area (Å²) in [7, 11) is 0.